The van der Waals surface area contributed by atoms with Crippen LogP contribution < -0.4 is 14.8 Å². The van der Waals surface area contributed by atoms with Crippen LogP contribution >= 0.6 is 0 Å². The normalized spacial score (nSPS) is 14.3. The van der Waals surface area contributed by atoms with Crippen LogP contribution in [0.1, 0.15) is 31.2 Å². The van der Waals surface area contributed by atoms with Crippen molar-refractivity contribution in [3.8, 4) is 11.5 Å². The lowest BCUT2D eigenvalue weighted by atomic mass is 9.95. The van der Waals surface area contributed by atoms with Crippen LogP contribution in [0, 0.1) is 5.92 Å². The van der Waals surface area contributed by atoms with E-state index in [2.05, 4.69) is 19.2 Å². The molecule has 1 aromatic heterocycles. The van der Waals surface area contributed by atoms with E-state index in [0.29, 0.717) is 25.7 Å². The molecule has 0 saturated carbocycles. The van der Waals surface area contributed by atoms with Crippen molar-refractivity contribution >= 4 is 5.91 Å². The number of likely N-dealkylation sites (N-methyl/N-ethyl adjacent to an activating group) is 1. The minimum absolute atomic E-state index is 0.0181. The Bertz CT molecular complexity index is 727. The first kappa shape index (κ1) is 18.3. The third-order valence-electron chi connectivity index (χ3n) is 4.46. The molecule has 1 aliphatic rings. The molecule has 26 heavy (non-hydrogen) atoms. The zero-order valence-electron chi connectivity index (χ0n) is 15.5. The monoisotopic (exact) mass is 358 g/mol. The molecule has 0 bridgehead atoms. The fraction of sp³-hybridized carbons (Fsp3) is 0.450. The molecule has 0 spiro atoms. The molecule has 0 unspecified atom stereocenters. The molecule has 0 aliphatic carbocycles. The molecule has 1 amide bonds. The molecule has 0 fully saturated rings. The van der Waals surface area contributed by atoms with Crippen LogP contribution in [-0.2, 0) is 11.3 Å². The van der Waals surface area contributed by atoms with Gasteiger partial charge in [0.05, 0.1) is 19.4 Å². The fourth-order valence-electron chi connectivity index (χ4n) is 3.05. The van der Waals surface area contributed by atoms with E-state index in [4.69, 9.17) is 13.9 Å². The van der Waals surface area contributed by atoms with Crippen LogP contribution in [-0.4, -0.2) is 37.6 Å². The second kappa shape index (κ2) is 8.27. The molecule has 1 aromatic carbocycles. The number of nitrogens with one attached hydrogen (secondary N) is 1. The minimum Gasteiger partial charge on any atom is -0.486 e. The molecular formula is C20H26N2O4. The van der Waals surface area contributed by atoms with E-state index in [1.807, 2.05) is 30.3 Å². The summed E-state index contributed by atoms with van der Waals surface area (Å²) in [6.07, 6.45) is 1.61. The van der Waals surface area contributed by atoms with E-state index in [1.165, 1.54) is 0 Å². The average molecular weight is 358 g/mol. The van der Waals surface area contributed by atoms with E-state index in [-0.39, 0.29) is 18.5 Å². The summed E-state index contributed by atoms with van der Waals surface area (Å²) in [6.45, 7) is 6.12. The van der Waals surface area contributed by atoms with Crippen molar-refractivity contribution in [2.45, 2.75) is 26.4 Å². The van der Waals surface area contributed by atoms with Gasteiger partial charge in [-0.2, -0.15) is 0 Å². The highest BCUT2D eigenvalue weighted by Gasteiger charge is 2.21. The maximum absolute atomic E-state index is 12.4. The van der Waals surface area contributed by atoms with E-state index >= 15 is 0 Å². The lowest BCUT2D eigenvalue weighted by molar-refractivity contribution is -0.129. The molecule has 6 nitrogen and oxygen atoms in total. The van der Waals surface area contributed by atoms with Gasteiger partial charge in [0, 0.05) is 13.1 Å². The van der Waals surface area contributed by atoms with Crippen molar-refractivity contribution in [2.24, 2.45) is 5.92 Å². The fourth-order valence-corrected chi connectivity index (χ4v) is 3.05. The zero-order valence-corrected chi connectivity index (χ0v) is 15.5. The van der Waals surface area contributed by atoms with E-state index < -0.39 is 0 Å². The first-order valence-corrected chi connectivity index (χ1v) is 8.94. The summed E-state index contributed by atoms with van der Waals surface area (Å²) >= 11 is 0. The summed E-state index contributed by atoms with van der Waals surface area (Å²) in [7, 11) is 1.78. The van der Waals surface area contributed by atoms with Gasteiger partial charge in [-0.25, -0.2) is 0 Å². The van der Waals surface area contributed by atoms with Gasteiger partial charge in [0.1, 0.15) is 19.0 Å². The minimum atomic E-state index is 0.0181. The Balaban J connectivity index is 1.62. The highest BCUT2D eigenvalue weighted by molar-refractivity contribution is 5.78. The van der Waals surface area contributed by atoms with Crippen LogP contribution in [0.25, 0.3) is 0 Å². The van der Waals surface area contributed by atoms with Crippen LogP contribution in [0.15, 0.2) is 41.0 Å². The van der Waals surface area contributed by atoms with Gasteiger partial charge in [-0.05, 0) is 35.7 Å². The van der Waals surface area contributed by atoms with Crippen LogP contribution in [0.5, 0.6) is 11.5 Å². The van der Waals surface area contributed by atoms with Crippen molar-refractivity contribution in [2.75, 3.05) is 26.8 Å². The summed E-state index contributed by atoms with van der Waals surface area (Å²) in [4.78, 5) is 14.1. The van der Waals surface area contributed by atoms with Gasteiger partial charge in [0.2, 0.25) is 5.91 Å². The molecule has 0 saturated heterocycles. The van der Waals surface area contributed by atoms with Gasteiger partial charge in [-0.15, -0.1) is 0 Å². The van der Waals surface area contributed by atoms with Crippen LogP contribution in [0.3, 0.4) is 0 Å². The number of carbonyl (C=O) groups excluding carboxylic acids is 1. The first-order valence-electron chi connectivity index (χ1n) is 8.94. The van der Waals surface area contributed by atoms with E-state index in [1.54, 1.807) is 18.2 Å². The smallest absolute Gasteiger partial charge is 0.236 e. The number of rotatable bonds is 7. The average Bonchev–Trinajstić information content (AvgIpc) is 3.14. The SMILES string of the molecule is CC(C)[C@H](NCC(=O)N(C)Cc1ccco1)c1ccc2c(c1)OCCO2. The molecule has 1 N–H and O–H groups in total. The van der Waals surface area contributed by atoms with Crippen molar-refractivity contribution in [1.29, 1.82) is 0 Å². The molecule has 1 aliphatic heterocycles. The molecule has 140 valence electrons. The number of fused-ring (bicyclic) bond motifs is 1. The number of ether oxygens (including phenoxy) is 2. The number of furan rings is 1. The molecule has 3 rings (SSSR count). The molecule has 2 heterocycles. The highest BCUT2D eigenvalue weighted by Crippen LogP contribution is 2.34. The summed E-state index contributed by atoms with van der Waals surface area (Å²) < 4.78 is 16.6. The zero-order chi connectivity index (χ0) is 18.5. The van der Waals surface area contributed by atoms with E-state index in [9.17, 15) is 4.79 Å². The lowest BCUT2D eigenvalue weighted by Crippen LogP contribution is -2.38. The third kappa shape index (κ3) is 4.38. The van der Waals surface area contributed by atoms with Crippen molar-refractivity contribution < 1.29 is 18.7 Å². The molecule has 2 aromatic rings. The summed E-state index contributed by atoms with van der Waals surface area (Å²) in [5, 5.41) is 3.38. The summed E-state index contributed by atoms with van der Waals surface area (Å²) in [5.74, 6) is 2.65. The predicted octanol–water partition coefficient (Wildman–Crippen LogP) is 3.00. The lowest BCUT2D eigenvalue weighted by Gasteiger charge is -2.26. The maximum atomic E-state index is 12.4. The quantitative estimate of drug-likeness (QED) is 0.824. The number of benzene rings is 1. The Morgan fingerprint density at radius 2 is 1.96 bits per heavy atom. The number of nitrogens with zero attached hydrogens (tertiary/aromatic N) is 1. The van der Waals surface area contributed by atoms with Gasteiger partial charge < -0.3 is 24.1 Å². The Hall–Kier alpha value is -2.47. The molecule has 0 radical (unpaired) electrons. The number of carbonyl (C=O) groups is 1. The molecular weight excluding hydrogens is 332 g/mol. The Morgan fingerprint density at radius 3 is 2.65 bits per heavy atom. The highest BCUT2D eigenvalue weighted by atomic mass is 16.6. The first-order chi connectivity index (χ1) is 12.5. The number of amides is 1. The van der Waals surface area contributed by atoms with Gasteiger partial charge in [0.15, 0.2) is 11.5 Å². The van der Waals surface area contributed by atoms with E-state index in [0.717, 1.165) is 22.8 Å². The number of hydrogen-bond acceptors (Lipinski definition) is 5. The van der Waals surface area contributed by atoms with Crippen LogP contribution in [0.2, 0.25) is 0 Å². The standard InChI is InChI=1S/C20H26N2O4/c1-14(2)20(15-6-7-17-18(11-15)26-10-9-25-17)21-12-19(23)22(3)13-16-5-4-8-24-16/h4-8,11,14,20-21H,9-10,12-13H2,1-3H3/t20-/m0/s1. The van der Waals surface area contributed by atoms with Crippen molar-refractivity contribution in [3.63, 3.8) is 0 Å². The van der Waals surface area contributed by atoms with Crippen molar-refractivity contribution in [1.82, 2.24) is 10.2 Å². The van der Waals surface area contributed by atoms with Gasteiger partial charge in [-0.1, -0.05) is 19.9 Å². The predicted molar refractivity (Wildman–Crippen MR) is 98.2 cm³/mol. The Kier molecular flexibility index (Phi) is 5.83. The van der Waals surface area contributed by atoms with Crippen molar-refractivity contribution in [3.05, 3.63) is 47.9 Å². The summed E-state index contributed by atoms with van der Waals surface area (Å²) in [5.41, 5.74) is 1.09. The summed E-state index contributed by atoms with van der Waals surface area (Å²) in [6, 6.07) is 9.70. The second-order valence-corrected chi connectivity index (χ2v) is 6.83. The Morgan fingerprint density at radius 1 is 1.19 bits per heavy atom. The van der Waals surface area contributed by atoms with Gasteiger partial charge in [0.25, 0.3) is 0 Å². The molecule has 1 atom stereocenters. The third-order valence-corrected chi connectivity index (χ3v) is 4.46. The Labute approximate surface area is 154 Å². The topological polar surface area (TPSA) is 63.9 Å². The largest absolute Gasteiger partial charge is 0.486 e. The number of hydrogen-bond donors (Lipinski definition) is 1. The van der Waals surface area contributed by atoms with Gasteiger partial charge >= 0.3 is 0 Å². The second-order valence-electron chi connectivity index (χ2n) is 6.83. The van der Waals surface area contributed by atoms with Gasteiger partial charge in [-0.3, -0.25) is 4.79 Å². The maximum Gasteiger partial charge on any atom is 0.236 e. The molecule has 6 heteroatoms. The van der Waals surface area contributed by atoms with Crippen LogP contribution in [0.4, 0.5) is 0 Å².